The van der Waals surface area contributed by atoms with Crippen molar-refractivity contribution in [2.75, 3.05) is 6.61 Å². The van der Waals surface area contributed by atoms with E-state index in [1.807, 2.05) is 6.92 Å². The number of hydrogen-bond donors (Lipinski definition) is 0. The number of esters is 1. The standard InChI is InChI=1S/C10H13NO3/c1-4-14-10(13)8-5-7(2)11(3)9(8)6-12/h5-6H,4H2,1-3H3. The van der Waals surface area contributed by atoms with E-state index in [4.69, 9.17) is 4.74 Å². The summed E-state index contributed by atoms with van der Waals surface area (Å²) in [5.41, 5.74) is 1.55. The minimum absolute atomic E-state index is 0.311. The molecule has 14 heavy (non-hydrogen) atoms. The zero-order chi connectivity index (χ0) is 10.7. The lowest BCUT2D eigenvalue weighted by atomic mass is 10.2. The molecule has 0 amide bonds. The lowest BCUT2D eigenvalue weighted by Gasteiger charge is -2.01. The fraction of sp³-hybridized carbons (Fsp3) is 0.400. The van der Waals surface area contributed by atoms with Crippen molar-refractivity contribution in [3.8, 4) is 0 Å². The van der Waals surface area contributed by atoms with Crippen LogP contribution < -0.4 is 0 Å². The van der Waals surface area contributed by atoms with E-state index in [2.05, 4.69) is 0 Å². The third-order valence-corrected chi connectivity index (χ3v) is 2.13. The van der Waals surface area contributed by atoms with Gasteiger partial charge in [-0.05, 0) is 19.9 Å². The fourth-order valence-electron chi connectivity index (χ4n) is 1.27. The monoisotopic (exact) mass is 195 g/mol. The first-order valence-corrected chi connectivity index (χ1v) is 4.40. The molecule has 0 saturated heterocycles. The summed E-state index contributed by atoms with van der Waals surface area (Å²) in [7, 11) is 1.74. The van der Waals surface area contributed by atoms with Gasteiger partial charge in [0.05, 0.1) is 17.9 Å². The number of ether oxygens (including phenoxy) is 1. The Labute approximate surface area is 82.5 Å². The number of aromatic nitrogens is 1. The van der Waals surface area contributed by atoms with E-state index in [0.29, 0.717) is 24.2 Å². The molecule has 0 aliphatic carbocycles. The Morgan fingerprint density at radius 1 is 1.64 bits per heavy atom. The van der Waals surface area contributed by atoms with Crippen molar-refractivity contribution in [2.45, 2.75) is 13.8 Å². The molecule has 0 aliphatic rings. The topological polar surface area (TPSA) is 48.3 Å². The van der Waals surface area contributed by atoms with Gasteiger partial charge < -0.3 is 9.30 Å². The second-order valence-electron chi connectivity index (χ2n) is 2.98. The molecule has 1 aromatic heterocycles. The predicted molar refractivity (Wildman–Crippen MR) is 51.5 cm³/mol. The van der Waals surface area contributed by atoms with Crippen LogP contribution in [0, 0.1) is 6.92 Å². The smallest absolute Gasteiger partial charge is 0.340 e. The fourth-order valence-corrected chi connectivity index (χ4v) is 1.27. The summed E-state index contributed by atoms with van der Waals surface area (Å²) in [5, 5.41) is 0. The molecule has 0 atom stereocenters. The van der Waals surface area contributed by atoms with Crippen molar-refractivity contribution in [3.05, 3.63) is 23.0 Å². The van der Waals surface area contributed by atoms with Crippen LogP contribution in [0.15, 0.2) is 6.07 Å². The minimum atomic E-state index is -0.446. The van der Waals surface area contributed by atoms with Crippen LogP contribution in [0.4, 0.5) is 0 Å². The van der Waals surface area contributed by atoms with E-state index in [9.17, 15) is 9.59 Å². The van der Waals surface area contributed by atoms with E-state index < -0.39 is 5.97 Å². The molecule has 76 valence electrons. The number of aryl methyl sites for hydroxylation is 1. The van der Waals surface area contributed by atoms with Crippen molar-refractivity contribution in [2.24, 2.45) is 7.05 Å². The Balaban J connectivity index is 3.14. The molecule has 4 heteroatoms. The zero-order valence-corrected chi connectivity index (χ0v) is 8.53. The Kier molecular flexibility index (Phi) is 3.06. The molecular formula is C10H13NO3. The van der Waals surface area contributed by atoms with Crippen LogP contribution in [0.25, 0.3) is 0 Å². The molecule has 1 rings (SSSR count). The average Bonchev–Trinajstić information content (AvgIpc) is 2.44. The van der Waals surface area contributed by atoms with E-state index in [-0.39, 0.29) is 0 Å². The highest BCUT2D eigenvalue weighted by Gasteiger charge is 2.16. The van der Waals surface area contributed by atoms with Crippen molar-refractivity contribution < 1.29 is 14.3 Å². The van der Waals surface area contributed by atoms with Crippen molar-refractivity contribution in [1.82, 2.24) is 4.57 Å². The Bertz CT molecular complexity index is 366. The molecule has 0 spiro atoms. The van der Waals surface area contributed by atoms with Gasteiger partial charge >= 0.3 is 5.97 Å². The normalized spacial score (nSPS) is 9.93. The van der Waals surface area contributed by atoms with Gasteiger partial charge in [0.15, 0.2) is 6.29 Å². The number of nitrogens with zero attached hydrogens (tertiary/aromatic N) is 1. The number of carbonyl (C=O) groups is 2. The number of hydrogen-bond acceptors (Lipinski definition) is 3. The molecule has 0 aromatic carbocycles. The van der Waals surface area contributed by atoms with E-state index in [1.165, 1.54) is 0 Å². The van der Waals surface area contributed by atoms with Crippen LogP contribution in [0.3, 0.4) is 0 Å². The molecule has 1 heterocycles. The van der Waals surface area contributed by atoms with Gasteiger partial charge in [0.25, 0.3) is 0 Å². The highest BCUT2D eigenvalue weighted by atomic mass is 16.5. The van der Waals surface area contributed by atoms with E-state index in [1.54, 1.807) is 24.6 Å². The molecule has 0 aliphatic heterocycles. The van der Waals surface area contributed by atoms with Crippen LogP contribution in [0.1, 0.15) is 33.5 Å². The second kappa shape index (κ2) is 4.09. The minimum Gasteiger partial charge on any atom is -0.462 e. The predicted octanol–water partition coefficient (Wildman–Crippen LogP) is 1.32. The summed E-state index contributed by atoms with van der Waals surface area (Å²) < 4.78 is 6.49. The lowest BCUT2D eigenvalue weighted by molar-refractivity contribution is 0.0524. The van der Waals surface area contributed by atoms with Crippen LogP contribution in [0.2, 0.25) is 0 Å². The molecule has 0 bridgehead atoms. The third kappa shape index (κ3) is 1.69. The molecule has 4 nitrogen and oxygen atoms in total. The largest absolute Gasteiger partial charge is 0.462 e. The third-order valence-electron chi connectivity index (χ3n) is 2.13. The highest BCUT2D eigenvalue weighted by molar-refractivity contribution is 5.97. The molecular weight excluding hydrogens is 182 g/mol. The maximum absolute atomic E-state index is 11.4. The van der Waals surface area contributed by atoms with Crippen LogP contribution in [0.5, 0.6) is 0 Å². The summed E-state index contributed by atoms with van der Waals surface area (Å²) in [6, 6.07) is 1.65. The van der Waals surface area contributed by atoms with Gasteiger partial charge in [-0.1, -0.05) is 0 Å². The van der Waals surface area contributed by atoms with Gasteiger partial charge in [0, 0.05) is 12.7 Å². The summed E-state index contributed by atoms with van der Waals surface area (Å²) in [6.45, 7) is 3.87. The van der Waals surface area contributed by atoms with Crippen LogP contribution in [-0.4, -0.2) is 23.4 Å². The Morgan fingerprint density at radius 2 is 2.29 bits per heavy atom. The summed E-state index contributed by atoms with van der Waals surface area (Å²) in [6.07, 6.45) is 0.666. The number of carbonyl (C=O) groups excluding carboxylic acids is 2. The van der Waals surface area contributed by atoms with Gasteiger partial charge in [-0.15, -0.1) is 0 Å². The quantitative estimate of drug-likeness (QED) is 0.540. The van der Waals surface area contributed by atoms with Crippen molar-refractivity contribution in [1.29, 1.82) is 0 Å². The van der Waals surface area contributed by atoms with Crippen LogP contribution in [-0.2, 0) is 11.8 Å². The SMILES string of the molecule is CCOC(=O)c1cc(C)n(C)c1C=O. The molecule has 0 fully saturated rings. The molecule has 0 N–H and O–H groups in total. The average molecular weight is 195 g/mol. The van der Waals surface area contributed by atoms with Gasteiger partial charge in [-0.2, -0.15) is 0 Å². The Morgan fingerprint density at radius 3 is 2.79 bits per heavy atom. The van der Waals surface area contributed by atoms with E-state index in [0.717, 1.165) is 5.69 Å². The van der Waals surface area contributed by atoms with Gasteiger partial charge in [0.1, 0.15) is 0 Å². The molecule has 0 radical (unpaired) electrons. The van der Waals surface area contributed by atoms with Gasteiger partial charge in [-0.25, -0.2) is 4.79 Å². The first kappa shape index (κ1) is 10.5. The second-order valence-corrected chi connectivity index (χ2v) is 2.98. The first-order valence-electron chi connectivity index (χ1n) is 4.40. The summed E-state index contributed by atoms with van der Waals surface area (Å²) in [5.74, 6) is -0.446. The summed E-state index contributed by atoms with van der Waals surface area (Å²) in [4.78, 5) is 22.1. The van der Waals surface area contributed by atoms with E-state index >= 15 is 0 Å². The van der Waals surface area contributed by atoms with Crippen molar-refractivity contribution in [3.63, 3.8) is 0 Å². The number of rotatable bonds is 3. The summed E-state index contributed by atoms with van der Waals surface area (Å²) >= 11 is 0. The first-order chi connectivity index (χ1) is 6.61. The Hall–Kier alpha value is -1.58. The lowest BCUT2D eigenvalue weighted by Crippen LogP contribution is -2.08. The number of aldehydes is 1. The maximum atomic E-state index is 11.4. The van der Waals surface area contributed by atoms with Gasteiger partial charge in [-0.3, -0.25) is 4.79 Å². The molecule has 1 aromatic rings. The maximum Gasteiger partial charge on any atom is 0.340 e. The molecule has 0 unspecified atom stereocenters. The van der Waals surface area contributed by atoms with Gasteiger partial charge in [0.2, 0.25) is 0 Å². The zero-order valence-electron chi connectivity index (χ0n) is 8.53. The highest BCUT2D eigenvalue weighted by Crippen LogP contribution is 2.13. The van der Waals surface area contributed by atoms with Crippen LogP contribution >= 0.6 is 0 Å². The molecule has 0 saturated carbocycles. The van der Waals surface area contributed by atoms with Crippen molar-refractivity contribution >= 4 is 12.3 Å².